The minimum Gasteiger partial charge on any atom is -0.491 e. The average molecular weight is 420 g/mol. The highest BCUT2D eigenvalue weighted by Gasteiger charge is 2.24. The molecule has 0 aliphatic heterocycles. The fourth-order valence-corrected chi connectivity index (χ4v) is 3.85. The van der Waals surface area contributed by atoms with Crippen molar-refractivity contribution in [3.63, 3.8) is 0 Å². The topological polar surface area (TPSA) is 122 Å². The Kier molecular flexibility index (Phi) is 7.35. The van der Waals surface area contributed by atoms with Crippen LogP contribution >= 0.6 is 0 Å². The molecule has 2 aromatic carbocycles. The Morgan fingerprint density at radius 3 is 2.10 bits per heavy atom. The van der Waals surface area contributed by atoms with E-state index in [1.54, 1.807) is 24.3 Å². The van der Waals surface area contributed by atoms with Crippen LogP contribution in [0.25, 0.3) is 0 Å². The lowest BCUT2D eigenvalue weighted by Gasteiger charge is -2.18. The Balaban J connectivity index is 2.24. The first kappa shape index (κ1) is 22.4. The largest absolute Gasteiger partial charge is 0.491 e. The molecule has 0 saturated carbocycles. The van der Waals surface area contributed by atoms with Crippen LogP contribution in [0, 0.1) is 0 Å². The Morgan fingerprint density at radius 2 is 1.62 bits per heavy atom. The van der Waals surface area contributed by atoms with E-state index in [0.29, 0.717) is 17.0 Å². The van der Waals surface area contributed by atoms with Gasteiger partial charge in [0.15, 0.2) is 0 Å². The molecule has 2 rings (SSSR count). The summed E-state index contributed by atoms with van der Waals surface area (Å²) in [5, 5.41) is 11.8. The van der Waals surface area contributed by atoms with Crippen molar-refractivity contribution < 1.29 is 27.9 Å². The van der Waals surface area contributed by atoms with Crippen LogP contribution in [0.15, 0.2) is 53.4 Å². The van der Waals surface area contributed by atoms with Gasteiger partial charge < -0.3 is 15.2 Å². The van der Waals surface area contributed by atoms with Crippen LogP contribution in [0.1, 0.15) is 38.8 Å². The summed E-state index contributed by atoms with van der Waals surface area (Å²) < 4.78 is 33.4. The molecule has 0 radical (unpaired) electrons. The Morgan fingerprint density at radius 1 is 1.03 bits per heavy atom. The van der Waals surface area contributed by atoms with Crippen molar-refractivity contribution in [3.05, 3.63) is 54.1 Å². The van der Waals surface area contributed by atoms with Crippen molar-refractivity contribution in [2.45, 2.75) is 44.2 Å². The standard InChI is InChI=1S/C20H24N2O6S/c1-13(2)28-17-8-4-15(5-9-17)19(12-20(24)25)22-29(26,27)18-10-6-16(7-11-18)21-14(3)23/h4-11,13,19,22H,12H2,1-3H3,(H,21,23)(H,24,25)/t19-/m0/s1. The SMILES string of the molecule is CC(=O)Nc1ccc(S(=O)(=O)N[C@@H](CC(=O)O)c2ccc(OC(C)C)cc2)cc1. The molecule has 1 atom stereocenters. The number of rotatable bonds is 9. The zero-order valence-electron chi connectivity index (χ0n) is 16.4. The first-order valence-electron chi connectivity index (χ1n) is 8.95. The van der Waals surface area contributed by atoms with E-state index in [1.165, 1.54) is 31.2 Å². The highest BCUT2D eigenvalue weighted by atomic mass is 32.2. The van der Waals surface area contributed by atoms with Crippen molar-refractivity contribution in [2.75, 3.05) is 5.32 Å². The molecule has 1 amide bonds. The Hall–Kier alpha value is -2.91. The second-order valence-corrected chi connectivity index (χ2v) is 8.43. The fraction of sp³-hybridized carbons (Fsp3) is 0.300. The van der Waals surface area contributed by atoms with Crippen LogP contribution in [-0.4, -0.2) is 31.5 Å². The predicted molar refractivity (Wildman–Crippen MR) is 108 cm³/mol. The molecule has 0 spiro atoms. The van der Waals surface area contributed by atoms with Crippen LogP contribution in [0.5, 0.6) is 5.75 Å². The fourth-order valence-electron chi connectivity index (χ4n) is 2.63. The zero-order chi connectivity index (χ0) is 21.6. The maximum Gasteiger partial charge on any atom is 0.305 e. The van der Waals surface area contributed by atoms with Gasteiger partial charge in [-0.25, -0.2) is 13.1 Å². The van der Waals surface area contributed by atoms with Gasteiger partial charge in [-0.05, 0) is 55.8 Å². The number of benzene rings is 2. The number of hydrogen-bond acceptors (Lipinski definition) is 5. The van der Waals surface area contributed by atoms with Crippen molar-refractivity contribution >= 4 is 27.6 Å². The van der Waals surface area contributed by atoms with Gasteiger partial charge >= 0.3 is 5.97 Å². The summed E-state index contributed by atoms with van der Waals surface area (Å²) in [5.41, 5.74) is 0.959. The van der Waals surface area contributed by atoms with E-state index < -0.39 is 28.5 Å². The van der Waals surface area contributed by atoms with E-state index in [1.807, 2.05) is 13.8 Å². The first-order valence-corrected chi connectivity index (χ1v) is 10.4. The second kappa shape index (κ2) is 9.53. The van der Waals surface area contributed by atoms with Gasteiger partial charge in [-0.1, -0.05) is 12.1 Å². The average Bonchev–Trinajstić information content (AvgIpc) is 2.60. The second-order valence-electron chi connectivity index (χ2n) is 6.71. The Bertz CT molecular complexity index is 953. The zero-order valence-corrected chi connectivity index (χ0v) is 17.2. The lowest BCUT2D eigenvalue weighted by Crippen LogP contribution is -2.30. The van der Waals surface area contributed by atoms with Crippen molar-refractivity contribution in [2.24, 2.45) is 0 Å². The molecule has 0 aliphatic carbocycles. The Labute approximate surface area is 169 Å². The first-order chi connectivity index (χ1) is 13.6. The highest BCUT2D eigenvalue weighted by molar-refractivity contribution is 7.89. The molecular formula is C20H24N2O6S. The molecule has 0 heterocycles. The van der Waals surface area contributed by atoms with Crippen molar-refractivity contribution in [1.82, 2.24) is 4.72 Å². The van der Waals surface area contributed by atoms with Crippen LogP contribution in [-0.2, 0) is 19.6 Å². The van der Waals surface area contributed by atoms with Crippen molar-refractivity contribution in [3.8, 4) is 5.75 Å². The monoisotopic (exact) mass is 420 g/mol. The number of carbonyl (C=O) groups excluding carboxylic acids is 1. The van der Waals surface area contributed by atoms with Gasteiger partial charge in [0, 0.05) is 12.6 Å². The summed E-state index contributed by atoms with van der Waals surface area (Å²) in [6, 6.07) is 11.2. The molecule has 0 saturated heterocycles. The number of hydrogen-bond donors (Lipinski definition) is 3. The lowest BCUT2D eigenvalue weighted by atomic mass is 10.0. The van der Waals surface area contributed by atoms with Gasteiger partial charge in [-0.2, -0.15) is 0 Å². The number of anilines is 1. The van der Waals surface area contributed by atoms with Gasteiger partial charge in [0.05, 0.1) is 23.5 Å². The highest BCUT2D eigenvalue weighted by Crippen LogP contribution is 2.24. The normalized spacial score (nSPS) is 12.4. The minimum absolute atomic E-state index is 0.0189. The van der Waals surface area contributed by atoms with Gasteiger partial charge in [-0.3, -0.25) is 9.59 Å². The van der Waals surface area contributed by atoms with Crippen LogP contribution in [0.2, 0.25) is 0 Å². The summed E-state index contributed by atoms with van der Waals surface area (Å²) in [7, 11) is -3.98. The number of carboxylic acid groups (broad SMARTS) is 1. The van der Waals surface area contributed by atoms with E-state index in [2.05, 4.69) is 10.0 Å². The third-order valence-corrected chi connectivity index (χ3v) is 5.30. The summed E-state index contributed by atoms with van der Waals surface area (Å²) >= 11 is 0. The number of amides is 1. The van der Waals surface area contributed by atoms with Crippen LogP contribution in [0.4, 0.5) is 5.69 Å². The maximum absolute atomic E-state index is 12.7. The molecule has 0 unspecified atom stereocenters. The molecule has 8 nitrogen and oxygen atoms in total. The number of nitrogens with one attached hydrogen (secondary N) is 2. The maximum atomic E-state index is 12.7. The van der Waals surface area contributed by atoms with E-state index in [4.69, 9.17) is 4.74 Å². The molecule has 0 fully saturated rings. The third kappa shape index (κ3) is 6.88. The van der Waals surface area contributed by atoms with Gasteiger partial charge in [0.2, 0.25) is 15.9 Å². The molecule has 0 aliphatic rings. The summed E-state index contributed by atoms with van der Waals surface area (Å²) in [6.45, 7) is 5.11. The van der Waals surface area contributed by atoms with Crippen LogP contribution < -0.4 is 14.8 Å². The lowest BCUT2D eigenvalue weighted by molar-refractivity contribution is -0.137. The summed E-state index contributed by atoms with van der Waals surface area (Å²) in [5.74, 6) is -0.805. The number of sulfonamides is 1. The summed E-state index contributed by atoms with van der Waals surface area (Å²) in [6.07, 6.45) is -0.442. The molecule has 156 valence electrons. The number of carboxylic acids is 1. The van der Waals surface area contributed by atoms with Crippen LogP contribution in [0.3, 0.4) is 0 Å². The summed E-state index contributed by atoms with van der Waals surface area (Å²) in [4.78, 5) is 22.3. The quantitative estimate of drug-likeness (QED) is 0.573. The molecule has 0 bridgehead atoms. The smallest absolute Gasteiger partial charge is 0.305 e. The van der Waals surface area contributed by atoms with E-state index in [9.17, 15) is 23.1 Å². The molecule has 2 aromatic rings. The van der Waals surface area contributed by atoms with E-state index in [0.717, 1.165) is 0 Å². The van der Waals surface area contributed by atoms with E-state index >= 15 is 0 Å². The number of aliphatic carboxylic acids is 1. The minimum atomic E-state index is -3.98. The molecule has 9 heteroatoms. The molecule has 0 aromatic heterocycles. The van der Waals surface area contributed by atoms with Gasteiger partial charge in [0.25, 0.3) is 0 Å². The third-order valence-electron chi connectivity index (χ3n) is 3.82. The van der Waals surface area contributed by atoms with Gasteiger partial charge in [-0.15, -0.1) is 0 Å². The number of carbonyl (C=O) groups is 2. The molecule has 3 N–H and O–H groups in total. The van der Waals surface area contributed by atoms with E-state index in [-0.39, 0.29) is 16.9 Å². The molecule has 29 heavy (non-hydrogen) atoms. The predicted octanol–water partition coefficient (Wildman–Crippen LogP) is 2.93. The number of ether oxygens (including phenoxy) is 1. The molecular weight excluding hydrogens is 396 g/mol. The van der Waals surface area contributed by atoms with Crippen molar-refractivity contribution in [1.29, 1.82) is 0 Å². The van der Waals surface area contributed by atoms with Gasteiger partial charge in [0.1, 0.15) is 5.75 Å².